The van der Waals surface area contributed by atoms with Crippen molar-refractivity contribution in [2.45, 2.75) is 18.4 Å². The molecule has 4 nitrogen and oxygen atoms in total. The summed E-state index contributed by atoms with van der Waals surface area (Å²) in [5.74, 6) is 0. The number of rotatable bonds is 4. The van der Waals surface area contributed by atoms with Crippen molar-refractivity contribution in [2.75, 3.05) is 0 Å². The molecule has 0 aromatic heterocycles. The lowest BCUT2D eigenvalue weighted by atomic mass is 10.2. The van der Waals surface area contributed by atoms with Crippen molar-refractivity contribution in [3.8, 4) is 0 Å². The second-order valence-corrected chi connectivity index (χ2v) is 7.37. The van der Waals surface area contributed by atoms with Crippen molar-refractivity contribution in [3.63, 3.8) is 0 Å². The Labute approximate surface area is 128 Å². The number of aryl methyl sites for hydroxylation is 1. The summed E-state index contributed by atoms with van der Waals surface area (Å²) in [4.78, 5) is 0.229. The number of hydrogen-bond acceptors (Lipinski definition) is 3. The maximum Gasteiger partial charge on any atom is 0.284 e. The maximum absolute atomic E-state index is 12.2. The fourth-order valence-corrected chi connectivity index (χ4v) is 3.70. The van der Waals surface area contributed by atoms with Crippen molar-refractivity contribution in [1.82, 2.24) is 4.31 Å². The second-order valence-electron chi connectivity index (χ2n) is 4.78. The average molecular weight is 318 g/mol. The predicted octanol–water partition coefficient (Wildman–Crippen LogP) is 3.20. The molecule has 6 heteroatoms. The van der Waals surface area contributed by atoms with Gasteiger partial charge in [-0.15, -0.1) is 4.40 Å². The van der Waals surface area contributed by atoms with E-state index in [4.69, 9.17) is 0 Å². The quantitative estimate of drug-likeness (QED) is 0.641. The summed E-state index contributed by atoms with van der Waals surface area (Å²) < 4.78 is 30.1. The third-order valence-corrected chi connectivity index (χ3v) is 5.28. The van der Waals surface area contributed by atoms with E-state index >= 15 is 0 Å². The predicted molar refractivity (Wildman–Crippen MR) is 85.4 cm³/mol. The Morgan fingerprint density at radius 2 is 1.71 bits per heavy atom. The molecule has 0 aliphatic carbocycles. The Hall–Kier alpha value is -1.79. The van der Waals surface area contributed by atoms with E-state index in [9.17, 15) is 8.42 Å². The Morgan fingerprint density at radius 3 is 2.38 bits per heavy atom. The van der Waals surface area contributed by atoms with Gasteiger partial charge in [0.25, 0.3) is 10.0 Å². The molecular weight excluding hydrogens is 304 g/mol. The maximum atomic E-state index is 12.2. The van der Waals surface area contributed by atoms with Crippen LogP contribution in [0, 0.1) is 6.92 Å². The van der Waals surface area contributed by atoms with Crippen molar-refractivity contribution in [3.05, 3.63) is 65.7 Å². The Balaban J connectivity index is 1.73. The molecule has 0 atom stereocenters. The fraction of sp³-hybridized carbons (Fsp3) is 0.133. The number of sulfonamides is 1. The molecule has 1 saturated heterocycles. The van der Waals surface area contributed by atoms with Gasteiger partial charge < -0.3 is 0 Å². The summed E-state index contributed by atoms with van der Waals surface area (Å²) in [6.45, 7) is 2.58. The molecule has 0 N–H and O–H groups in total. The molecule has 1 heterocycles. The third kappa shape index (κ3) is 3.46. The van der Waals surface area contributed by atoms with E-state index in [1.165, 1.54) is 11.9 Å². The minimum absolute atomic E-state index is 0.229. The molecule has 1 aliphatic rings. The lowest BCUT2D eigenvalue weighted by Gasteiger charge is -2.00. The van der Waals surface area contributed by atoms with Crippen LogP contribution >= 0.6 is 11.9 Å². The van der Waals surface area contributed by atoms with Gasteiger partial charge in [0.15, 0.2) is 0 Å². The molecule has 2 aromatic rings. The lowest BCUT2D eigenvalue weighted by molar-refractivity contribution is 0.597. The van der Waals surface area contributed by atoms with Crippen LogP contribution < -0.4 is 0 Å². The molecule has 0 bridgehead atoms. The fourth-order valence-electron chi connectivity index (χ4n) is 1.86. The van der Waals surface area contributed by atoms with E-state index in [0.29, 0.717) is 11.7 Å². The van der Waals surface area contributed by atoms with Gasteiger partial charge in [0, 0.05) is 11.9 Å². The zero-order valence-electron chi connectivity index (χ0n) is 11.4. The van der Waals surface area contributed by atoms with E-state index in [2.05, 4.69) is 4.40 Å². The van der Waals surface area contributed by atoms with Crippen molar-refractivity contribution in [1.29, 1.82) is 0 Å². The highest BCUT2D eigenvalue weighted by atomic mass is 32.2. The summed E-state index contributed by atoms with van der Waals surface area (Å²) >= 11 is 1.36. The van der Waals surface area contributed by atoms with Crippen LogP contribution in [-0.4, -0.2) is 17.9 Å². The SMILES string of the molecule is Cc1ccc(S(=O)(=O)/N=C2/SN2Cc2ccccc2)cc1. The van der Waals surface area contributed by atoms with Crippen LogP contribution in [0.15, 0.2) is 63.9 Å². The monoisotopic (exact) mass is 318 g/mol. The first kappa shape index (κ1) is 14.2. The molecule has 0 saturated carbocycles. The standard InChI is InChI=1S/C15H14N2O2S2/c1-12-7-9-14(10-8-12)21(18,19)16-15-17(20-15)11-13-5-3-2-4-6-13/h2-10H,11H2,1H3/b16-15+. The van der Waals surface area contributed by atoms with Crippen LogP contribution in [0.25, 0.3) is 0 Å². The van der Waals surface area contributed by atoms with E-state index in [1.807, 2.05) is 41.6 Å². The molecule has 0 unspecified atom stereocenters. The van der Waals surface area contributed by atoms with E-state index in [1.54, 1.807) is 24.3 Å². The summed E-state index contributed by atoms with van der Waals surface area (Å²) in [7, 11) is -3.61. The summed E-state index contributed by atoms with van der Waals surface area (Å²) in [5, 5.41) is 0.541. The van der Waals surface area contributed by atoms with Gasteiger partial charge in [0.1, 0.15) is 0 Å². The largest absolute Gasteiger partial charge is 0.284 e. The lowest BCUT2D eigenvalue weighted by Crippen LogP contribution is -2.02. The van der Waals surface area contributed by atoms with E-state index in [-0.39, 0.29) is 4.90 Å². The number of hydrogen-bond donors (Lipinski definition) is 0. The highest BCUT2D eigenvalue weighted by molar-refractivity contribution is 8.22. The normalized spacial score (nSPS) is 16.2. The van der Waals surface area contributed by atoms with E-state index < -0.39 is 10.0 Å². The first-order valence-corrected chi connectivity index (χ1v) is 8.67. The van der Waals surface area contributed by atoms with Gasteiger partial charge in [-0.1, -0.05) is 48.0 Å². The minimum Gasteiger partial charge on any atom is -0.282 e. The van der Waals surface area contributed by atoms with Crippen LogP contribution in [0.4, 0.5) is 0 Å². The number of amidine groups is 1. The molecule has 1 aliphatic heterocycles. The Bertz CT molecular complexity index is 769. The molecule has 21 heavy (non-hydrogen) atoms. The van der Waals surface area contributed by atoms with Gasteiger partial charge >= 0.3 is 0 Å². The Morgan fingerprint density at radius 1 is 1.05 bits per heavy atom. The third-order valence-electron chi connectivity index (χ3n) is 3.06. The van der Waals surface area contributed by atoms with Gasteiger partial charge in [-0.25, -0.2) is 0 Å². The van der Waals surface area contributed by atoms with Crippen molar-refractivity contribution in [2.24, 2.45) is 4.40 Å². The summed E-state index contributed by atoms with van der Waals surface area (Å²) in [6, 6.07) is 16.6. The number of benzene rings is 2. The number of nitrogens with zero attached hydrogens (tertiary/aromatic N) is 2. The van der Waals surface area contributed by atoms with Gasteiger partial charge in [0.2, 0.25) is 5.17 Å². The summed E-state index contributed by atoms with van der Waals surface area (Å²) in [6.07, 6.45) is 0. The average Bonchev–Trinajstić information content (AvgIpc) is 3.17. The topological polar surface area (TPSA) is 49.5 Å². The molecular formula is C15H14N2O2S2. The molecule has 3 rings (SSSR count). The Kier molecular flexibility index (Phi) is 3.73. The first-order valence-electron chi connectivity index (χ1n) is 6.46. The van der Waals surface area contributed by atoms with Crippen LogP contribution in [0.5, 0.6) is 0 Å². The van der Waals surface area contributed by atoms with Crippen molar-refractivity contribution >= 4 is 27.1 Å². The zero-order chi connectivity index (χ0) is 14.9. The highest BCUT2D eigenvalue weighted by Crippen LogP contribution is 2.36. The second kappa shape index (κ2) is 5.54. The first-order chi connectivity index (χ1) is 10.0. The zero-order valence-corrected chi connectivity index (χ0v) is 13.1. The minimum atomic E-state index is -3.61. The molecule has 0 radical (unpaired) electrons. The summed E-state index contributed by atoms with van der Waals surface area (Å²) in [5.41, 5.74) is 2.15. The highest BCUT2D eigenvalue weighted by Gasteiger charge is 2.32. The van der Waals surface area contributed by atoms with Crippen LogP contribution in [0.3, 0.4) is 0 Å². The van der Waals surface area contributed by atoms with Gasteiger partial charge in [0.05, 0.1) is 11.4 Å². The van der Waals surface area contributed by atoms with Crippen LogP contribution in [-0.2, 0) is 16.6 Å². The molecule has 108 valence electrons. The molecule has 0 amide bonds. The van der Waals surface area contributed by atoms with Gasteiger partial charge in [-0.2, -0.15) is 8.42 Å². The molecule has 1 fully saturated rings. The van der Waals surface area contributed by atoms with Crippen LogP contribution in [0.2, 0.25) is 0 Å². The van der Waals surface area contributed by atoms with Crippen molar-refractivity contribution < 1.29 is 8.42 Å². The van der Waals surface area contributed by atoms with E-state index in [0.717, 1.165) is 11.1 Å². The van der Waals surface area contributed by atoms with Crippen LogP contribution in [0.1, 0.15) is 11.1 Å². The molecule has 2 aromatic carbocycles. The molecule has 0 spiro atoms. The van der Waals surface area contributed by atoms with Gasteiger partial charge in [-0.3, -0.25) is 4.31 Å². The van der Waals surface area contributed by atoms with Gasteiger partial charge in [-0.05, 0) is 24.6 Å². The smallest absolute Gasteiger partial charge is 0.282 e.